The molecule has 138 valence electrons. The highest BCUT2D eigenvalue weighted by Gasteiger charge is 1.73. The monoisotopic (exact) mass is 379 g/mol. The van der Waals surface area contributed by atoms with Crippen molar-refractivity contribution < 1.29 is 0 Å². The van der Waals surface area contributed by atoms with E-state index in [1.165, 1.54) is 0 Å². The van der Waals surface area contributed by atoms with Gasteiger partial charge in [-0.25, -0.2) is 0 Å². The Hall–Kier alpha value is -5.09. The maximum atomic E-state index is 7.83. The Morgan fingerprint density at radius 2 is 0.704 bits per heavy atom. The van der Waals surface area contributed by atoms with E-state index in [0.717, 1.165) is 0 Å². The third-order valence-corrected chi connectivity index (χ3v) is 1.08. The molecule has 0 saturated heterocycles. The molecule has 0 heterocycles. The first-order valence-electron chi connectivity index (χ1n) is 5.82. The van der Waals surface area contributed by atoms with Crippen LogP contribution in [0.5, 0.6) is 0 Å². The summed E-state index contributed by atoms with van der Waals surface area (Å²) in [7, 11) is 0. The quantitative estimate of drug-likeness (QED) is 0.179. The summed E-state index contributed by atoms with van der Waals surface area (Å²) in [5.41, 5.74) is 7.83. The van der Waals surface area contributed by atoms with Crippen molar-refractivity contribution in [3.8, 4) is 0 Å². The molecule has 0 amide bonds. The highest BCUT2D eigenvalue weighted by Crippen LogP contribution is 1.90. The fraction of sp³-hybridized carbons (Fsp3) is 1.00. The Labute approximate surface area is 145 Å². The molecule has 0 spiro atoms. The zero-order chi connectivity index (χ0) is 19.7. The van der Waals surface area contributed by atoms with Crippen molar-refractivity contribution in [1.29, 1.82) is 0 Å². The van der Waals surface area contributed by atoms with Gasteiger partial charge >= 0.3 is 0 Å². The highest BCUT2D eigenvalue weighted by atomic mass is 15.7. The minimum Gasteiger partial charge on any atom is -0.168 e. The first-order valence-corrected chi connectivity index (χ1v) is 5.82. The van der Waals surface area contributed by atoms with E-state index in [1.807, 2.05) is 0 Å². The second-order valence-electron chi connectivity index (χ2n) is 2.51. The van der Waals surface area contributed by atoms with E-state index in [4.69, 9.17) is 5.53 Å². The van der Waals surface area contributed by atoms with Crippen LogP contribution in [-0.4, -0.2) is 6.54 Å². The minimum atomic E-state index is 0.460. The van der Waals surface area contributed by atoms with Gasteiger partial charge in [-0.3, -0.25) is 0 Å². The molecule has 0 aliphatic carbocycles. The molecule has 0 aromatic carbocycles. The van der Waals surface area contributed by atoms with Crippen molar-refractivity contribution in [3.63, 3.8) is 0 Å². The van der Waals surface area contributed by atoms with Gasteiger partial charge < -0.3 is 0 Å². The third-order valence-electron chi connectivity index (χ3n) is 1.08. The molecular weight excluding hydrogens is 374 g/mol. The second-order valence-corrected chi connectivity index (χ2v) is 2.51. The molecule has 0 radical (unpaired) electrons. The van der Waals surface area contributed by atoms with Crippen LogP contribution < -0.4 is 0 Å². The van der Waals surface area contributed by atoms with E-state index in [9.17, 15) is 0 Å². The predicted molar refractivity (Wildman–Crippen MR) is 73.1 cm³/mol. The van der Waals surface area contributed by atoms with Gasteiger partial charge in [0, 0.05) is 57.5 Å². The van der Waals surface area contributed by atoms with E-state index in [-0.39, 0.29) is 0 Å². The number of hydrogen-bond acceptors (Lipinski definition) is 1. The van der Waals surface area contributed by atoms with Gasteiger partial charge in [-0.05, 0) is 48.7 Å². The number of hydrogen-bond donors (Lipinski definition) is 0. The molecule has 25 heteroatoms. The average molecular weight is 379 g/mol. The summed E-state index contributed by atoms with van der Waals surface area (Å²) in [6, 6.07) is 0. The van der Waals surface area contributed by atoms with Gasteiger partial charge in [-0.1, -0.05) is 0 Å². The summed E-state index contributed by atoms with van der Waals surface area (Å²) >= 11 is 0. The summed E-state index contributed by atoms with van der Waals surface area (Å²) in [5.74, 6) is 0. The van der Waals surface area contributed by atoms with Crippen LogP contribution in [0.1, 0.15) is 6.92 Å². The fourth-order valence-corrected chi connectivity index (χ4v) is 0.467. The first kappa shape index (κ1) is 21.9. The summed E-state index contributed by atoms with van der Waals surface area (Å²) in [5, 5.41) is 69.2. The molecule has 0 aromatic heterocycles. The lowest BCUT2D eigenvalue weighted by Gasteiger charge is -1.71. The summed E-state index contributed by atoms with van der Waals surface area (Å²) in [6.07, 6.45) is 0. The minimum absolute atomic E-state index is 0.460. The zero-order valence-electron chi connectivity index (χ0n) is 12.9. The van der Waals surface area contributed by atoms with Crippen molar-refractivity contribution in [2.45, 2.75) is 6.92 Å². The lowest BCUT2D eigenvalue weighted by Crippen LogP contribution is -1.58. The fourth-order valence-electron chi connectivity index (χ4n) is 0.467. The SMILES string of the molecule is CCN=N/N=N/N=N/N=N/N=N/N=N/N=N/N=N/N=N/N=N/N=N/N=[N+]=[N-]. The van der Waals surface area contributed by atoms with Crippen LogP contribution in [0.4, 0.5) is 0 Å². The van der Waals surface area contributed by atoms with Crippen LogP contribution in [0.3, 0.4) is 0 Å². The van der Waals surface area contributed by atoms with Crippen LogP contribution in [0.25, 0.3) is 10.4 Å². The van der Waals surface area contributed by atoms with Crippen LogP contribution in [0.15, 0.2) is 120 Å². The van der Waals surface area contributed by atoms with Gasteiger partial charge in [-0.2, -0.15) is 10.0 Å². The summed E-state index contributed by atoms with van der Waals surface area (Å²) in [4.78, 5) is 2.25. The molecule has 0 N–H and O–H groups in total. The van der Waals surface area contributed by atoms with Gasteiger partial charge in [-0.15, -0.1) is 5.53 Å². The lowest BCUT2D eigenvalue weighted by molar-refractivity contribution is 0.734. The van der Waals surface area contributed by atoms with E-state index in [1.54, 1.807) is 6.92 Å². The van der Waals surface area contributed by atoms with Crippen molar-refractivity contribution in [3.05, 3.63) is 10.4 Å². The number of rotatable bonds is 12. The molecule has 25 nitrogen and oxygen atoms in total. The Bertz CT molecular complexity index is 724. The lowest BCUT2D eigenvalue weighted by atomic mass is 10.8. The first-order chi connectivity index (χ1) is 13.4. The van der Waals surface area contributed by atoms with Crippen LogP contribution in [0.2, 0.25) is 0 Å². The van der Waals surface area contributed by atoms with Gasteiger partial charge in [0.05, 0.1) is 11.8 Å². The molecule has 0 aromatic rings. The summed E-state index contributed by atoms with van der Waals surface area (Å²) < 4.78 is 0. The zero-order valence-corrected chi connectivity index (χ0v) is 12.9. The van der Waals surface area contributed by atoms with E-state index in [0.29, 0.717) is 6.54 Å². The van der Waals surface area contributed by atoms with Gasteiger partial charge in [0.1, 0.15) is 10.4 Å². The van der Waals surface area contributed by atoms with Crippen molar-refractivity contribution in [2.75, 3.05) is 6.54 Å². The Morgan fingerprint density at radius 3 is 0.963 bits per heavy atom. The molecule has 27 heavy (non-hydrogen) atoms. The van der Waals surface area contributed by atoms with Crippen LogP contribution >= 0.6 is 0 Å². The van der Waals surface area contributed by atoms with E-state index in [2.05, 4.69) is 125 Å². The topological polar surface area (TPSA) is 321 Å². The van der Waals surface area contributed by atoms with Crippen LogP contribution in [-0.2, 0) is 0 Å². The maximum Gasteiger partial charge on any atom is 0.124 e. The Kier molecular flexibility index (Phi) is 17.0. The molecule has 0 unspecified atom stereocenters. The average Bonchev–Trinajstić information content (AvgIpc) is 2.68. The van der Waals surface area contributed by atoms with E-state index < -0.39 is 0 Å². The van der Waals surface area contributed by atoms with Crippen LogP contribution in [0, 0.1) is 0 Å². The van der Waals surface area contributed by atoms with Crippen molar-refractivity contribution in [1.82, 2.24) is 0 Å². The molecule has 0 bridgehead atoms. The molecule has 0 atom stereocenters. The number of nitrogens with zero attached hydrogens (tertiary/aromatic N) is 25. The molecule has 0 saturated carbocycles. The van der Waals surface area contributed by atoms with Gasteiger partial charge in [0.15, 0.2) is 0 Å². The highest BCUT2D eigenvalue weighted by molar-refractivity contribution is 4.31. The standard InChI is InChI=1S/C2H5N25/c1-2-4-6-8-10-12-14-16-18-20-22-24-26-27-25-23-21-19-17-15-13-11-9-7-5-3/h2H2,1H3/b6-4?,10-8+,11-9+,14-12+,15-13+,18-16+,19-17+,22-20+,23-21+,26-24+,27-25+. The normalized spacial score (nSPS) is 14.1. The van der Waals surface area contributed by atoms with Gasteiger partial charge in [0.25, 0.3) is 0 Å². The molecule has 0 rings (SSSR count). The Balaban J connectivity index is 3.94. The third kappa shape index (κ3) is 20.9. The molecule has 0 aliphatic rings. The summed E-state index contributed by atoms with van der Waals surface area (Å²) in [6.45, 7) is 2.22. The van der Waals surface area contributed by atoms with Crippen molar-refractivity contribution >= 4 is 0 Å². The second kappa shape index (κ2) is 20.9. The van der Waals surface area contributed by atoms with E-state index >= 15 is 0 Å². The van der Waals surface area contributed by atoms with Gasteiger partial charge in [0.2, 0.25) is 0 Å². The molecular formula is C2H5N25. The Morgan fingerprint density at radius 1 is 0.444 bits per heavy atom. The predicted octanol–water partition coefficient (Wildman–Crippen LogP) is 5.36. The smallest absolute Gasteiger partial charge is 0.124 e. The largest absolute Gasteiger partial charge is 0.168 e. The molecule has 0 aliphatic heterocycles. The molecule has 0 fully saturated rings. The van der Waals surface area contributed by atoms with Crippen molar-refractivity contribution in [2.24, 2.45) is 120 Å². The number of azide groups is 1. The maximum absolute atomic E-state index is 7.83.